The fourth-order valence-electron chi connectivity index (χ4n) is 4.78. The Morgan fingerprint density at radius 1 is 1.07 bits per heavy atom. The first kappa shape index (κ1) is 28.1. The van der Waals surface area contributed by atoms with Gasteiger partial charge in [-0.05, 0) is 64.2 Å². The molecule has 0 bridgehead atoms. The lowest BCUT2D eigenvalue weighted by atomic mass is 10.1. The van der Waals surface area contributed by atoms with E-state index in [9.17, 15) is 10.1 Å². The Hall–Kier alpha value is -4.43. The van der Waals surface area contributed by atoms with Gasteiger partial charge in [-0.2, -0.15) is 5.26 Å². The minimum absolute atomic E-state index is 0.217. The molecule has 2 fully saturated rings. The molecule has 1 N–H and O–H groups in total. The molecule has 0 saturated carbocycles. The highest BCUT2D eigenvalue weighted by atomic mass is 16.6. The van der Waals surface area contributed by atoms with Crippen LogP contribution in [-0.4, -0.2) is 88.9 Å². The van der Waals surface area contributed by atoms with E-state index < -0.39 is 5.60 Å². The summed E-state index contributed by atoms with van der Waals surface area (Å²) >= 11 is 0. The van der Waals surface area contributed by atoms with Gasteiger partial charge >= 0.3 is 6.09 Å². The smallest absolute Gasteiger partial charge is 0.410 e. The number of hydrogen-bond acceptors (Lipinski definition) is 10. The third kappa shape index (κ3) is 7.21. The number of pyridine rings is 1. The number of nitriles is 1. The van der Waals surface area contributed by atoms with Gasteiger partial charge in [0.25, 0.3) is 0 Å². The van der Waals surface area contributed by atoms with Gasteiger partial charge in [-0.25, -0.2) is 19.7 Å². The summed E-state index contributed by atoms with van der Waals surface area (Å²) in [5, 5.41) is 13.0. The maximum atomic E-state index is 12.4. The van der Waals surface area contributed by atoms with E-state index >= 15 is 0 Å². The molecule has 2 aliphatic rings. The first-order chi connectivity index (χ1) is 19.7. The fourth-order valence-corrected chi connectivity index (χ4v) is 4.78. The third-order valence-electron chi connectivity index (χ3n) is 7.00. The van der Waals surface area contributed by atoms with E-state index in [1.807, 2.05) is 39.1 Å². The maximum absolute atomic E-state index is 12.4. The molecule has 41 heavy (non-hydrogen) atoms. The van der Waals surface area contributed by atoms with E-state index in [1.54, 1.807) is 29.3 Å². The van der Waals surface area contributed by atoms with Gasteiger partial charge in [-0.1, -0.05) is 0 Å². The lowest BCUT2D eigenvalue weighted by molar-refractivity contribution is 0.0275. The van der Waals surface area contributed by atoms with Gasteiger partial charge in [0, 0.05) is 50.9 Å². The fraction of sp³-hybridized carbons (Fsp3) is 0.433. The molecule has 0 spiro atoms. The van der Waals surface area contributed by atoms with Gasteiger partial charge < -0.3 is 29.5 Å². The Bertz CT molecular complexity index is 1410. The second-order valence-electron chi connectivity index (χ2n) is 11.4. The molecule has 1 unspecified atom stereocenters. The van der Waals surface area contributed by atoms with Crippen LogP contribution in [0.3, 0.4) is 0 Å². The number of benzene rings is 1. The number of rotatable bonds is 6. The van der Waals surface area contributed by atoms with Crippen LogP contribution in [0.5, 0.6) is 5.75 Å². The van der Waals surface area contributed by atoms with E-state index in [4.69, 9.17) is 9.47 Å². The van der Waals surface area contributed by atoms with Gasteiger partial charge in [-0.3, -0.25) is 0 Å². The molecule has 0 radical (unpaired) electrons. The Morgan fingerprint density at radius 2 is 1.88 bits per heavy atom. The molecule has 11 nitrogen and oxygen atoms in total. The van der Waals surface area contributed by atoms with Crippen molar-refractivity contribution in [3.8, 4) is 23.1 Å². The quantitative estimate of drug-likeness (QED) is 0.471. The normalized spacial score (nSPS) is 17.7. The number of nitrogens with zero attached hydrogens (tertiary/aromatic N) is 7. The summed E-state index contributed by atoms with van der Waals surface area (Å²) < 4.78 is 11.6. The summed E-state index contributed by atoms with van der Waals surface area (Å²) in [4.78, 5) is 32.2. The van der Waals surface area contributed by atoms with E-state index in [-0.39, 0.29) is 12.2 Å². The second kappa shape index (κ2) is 12.0. The molecule has 2 aromatic heterocycles. The maximum Gasteiger partial charge on any atom is 0.410 e. The highest BCUT2D eigenvalue weighted by Gasteiger charge is 2.31. The molecule has 1 amide bonds. The zero-order valence-corrected chi connectivity index (χ0v) is 24.0. The van der Waals surface area contributed by atoms with Crippen LogP contribution in [0.25, 0.3) is 11.3 Å². The van der Waals surface area contributed by atoms with E-state index in [1.165, 1.54) is 0 Å². The van der Waals surface area contributed by atoms with Crippen molar-refractivity contribution in [2.75, 3.05) is 56.5 Å². The summed E-state index contributed by atoms with van der Waals surface area (Å²) in [6.07, 6.45) is 3.63. The minimum Gasteiger partial charge on any atom is -0.487 e. The number of carbonyl (C=O) groups excluding carboxylic acids is 1. The third-order valence-corrected chi connectivity index (χ3v) is 7.00. The van der Waals surface area contributed by atoms with Crippen molar-refractivity contribution in [1.29, 1.82) is 5.26 Å². The SMILES string of the molecule is CN1CCN(c2ccc(Nc3nccc(-c4ccc(OC5CCN(C(=O)OC(C)(C)C)C5)c(C#N)c4)n3)nc2)CC1. The summed E-state index contributed by atoms with van der Waals surface area (Å²) in [5.41, 5.74) is 2.37. The Balaban J connectivity index is 1.22. The largest absolute Gasteiger partial charge is 0.487 e. The summed E-state index contributed by atoms with van der Waals surface area (Å²) in [6, 6.07) is 13.4. The number of hydrogen-bond donors (Lipinski definition) is 1. The number of anilines is 3. The van der Waals surface area contributed by atoms with Crippen LogP contribution >= 0.6 is 0 Å². The minimum atomic E-state index is -0.554. The van der Waals surface area contributed by atoms with Gasteiger partial charge in [0.2, 0.25) is 5.95 Å². The first-order valence-corrected chi connectivity index (χ1v) is 13.9. The van der Waals surface area contributed by atoms with Crippen molar-refractivity contribution >= 4 is 23.5 Å². The Morgan fingerprint density at radius 3 is 2.59 bits per heavy atom. The predicted octanol–water partition coefficient (Wildman–Crippen LogP) is 4.29. The van der Waals surface area contributed by atoms with Crippen LogP contribution in [0.4, 0.5) is 22.2 Å². The number of carbonyl (C=O) groups is 1. The Kier molecular flexibility index (Phi) is 8.21. The average molecular weight is 557 g/mol. The lowest BCUT2D eigenvalue weighted by Gasteiger charge is -2.33. The van der Waals surface area contributed by atoms with Crippen molar-refractivity contribution < 1.29 is 14.3 Å². The van der Waals surface area contributed by atoms with Crippen LogP contribution < -0.4 is 15.0 Å². The van der Waals surface area contributed by atoms with Crippen molar-refractivity contribution in [1.82, 2.24) is 24.8 Å². The molecular formula is C30H36N8O3. The van der Waals surface area contributed by atoms with Crippen molar-refractivity contribution in [2.24, 2.45) is 0 Å². The molecule has 214 valence electrons. The Labute approximate surface area is 240 Å². The van der Waals surface area contributed by atoms with Gasteiger partial charge in [-0.15, -0.1) is 0 Å². The molecule has 1 atom stereocenters. The molecule has 2 aliphatic heterocycles. The first-order valence-electron chi connectivity index (χ1n) is 13.9. The van der Waals surface area contributed by atoms with Crippen LogP contribution in [0.1, 0.15) is 32.8 Å². The van der Waals surface area contributed by atoms with Crippen LogP contribution in [0.15, 0.2) is 48.8 Å². The zero-order chi connectivity index (χ0) is 29.0. The van der Waals surface area contributed by atoms with Gasteiger partial charge in [0.05, 0.1) is 29.7 Å². The van der Waals surface area contributed by atoms with Crippen LogP contribution in [0.2, 0.25) is 0 Å². The molecular weight excluding hydrogens is 520 g/mol. The molecule has 1 aromatic carbocycles. The standard InChI is InChI=1S/C30H36N8O3/c1-30(2,3)41-29(39)38-12-10-24(20-38)40-26-7-5-21(17-22(26)18-31)25-9-11-32-28(34-25)35-27-8-6-23(19-33-27)37-15-13-36(4)14-16-37/h5-9,11,17,19,24H,10,12-16,20H2,1-4H3,(H,32,33,34,35). The zero-order valence-electron chi connectivity index (χ0n) is 24.0. The highest BCUT2D eigenvalue weighted by molar-refractivity contribution is 5.69. The second-order valence-corrected chi connectivity index (χ2v) is 11.4. The van der Waals surface area contributed by atoms with E-state index in [0.717, 1.165) is 37.4 Å². The summed E-state index contributed by atoms with van der Waals surface area (Å²) in [5.74, 6) is 1.54. The number of aromatic nitrogens is 3. The number of ether oxygens (including phenoxy) is 2. The molecule has 3 aromatic rings. The monoisotopic (exact) mass is 556 g/mol. The summed E-state index contributed by atoms with van der Waals surface area (Å²) in [6.45, 7) is 10.5. The van der Waals surface area contributed by atoms with Crippen LogP contribution in [-0.2, 0) is 4.74 Å². The van der Waals surface area contributed by atoms with Crippen molar-refractivity contribution in [2.45, 2.75) is 38.9 Å². The number of nitrogens with one attached hydrogen (secondary N) is 1. The van der Waals surface area contributed by atoms with E-state index in [0.29, 0.717) is 48.3 Å². The van der Waals surface area contributed by atoms with Crippen molar-refractivity contribution in [3.05, 3.63) is 54.4 Å². The number of likely N-dealkylation sites (N-methyl/N-ethyl adjacent to an activating group) is 1. The molecule has 5 rings (SSSR count). The van der Waals surface area contributed by atoms with Crippen molar-refractivity contribution in [3.63, 3.8) is 0 Å². The van der Waals surface area contributed by atoms with Gasteiger partial charge in [0.15, 0.2) is 0 Å². The topological polar surface area (TPSA) is 120 Å². The lowest BCUT2D eigenvalue weighted by Crippen LogP contribution is -2.44. The molecule has 11 heteroatoms. The van der Waals surface area contributed by atoms with E-state index in [2.05, 4.69) is 49.3 Å². The number of likely N-dealkylation sites (tertiary alicyclic amines) is 1. The molecule has 2 saturated heterocycles. The summed E-state index contributed by atoms with van der Waals surface area (Å²) in [7, 11) is 2.14. The molecule has 0 aliphatic carbocycles. The highest BCUT2D eigenvalue weighted by Crippen LogP contribution is 2.29. The molecule has 4 heterocycles. The van der Waals surface area contributed by atoms with Crippen LogP contribution in [0, 0.1) is 11.3 Å². The predicted molar refractivity (Wildman–Crippen MR) is 156 cm³/mol. The average Bonchev–Trinajstić information content (AvgIpc) is 3.42. The number of piperazine rings is 1. The number of amides is 1. The van der Waals surface area contributed by atoms with Gasteiger partial charge in [0.1, 0.15) is 29.3 Å².